The Labute approximate surface area is 194 Å². The molecule has 1 heterocycles. The van der Waals surface area contributed by atoms with Crippen LogP contribution in [0.1, 0.15) is 46.5 Å². The SMILES string of the molecule is C[C@@H]1CC2C3CCC4=CC(=O)C=CC4(C)C3C(O)CC2(C)[C@@]1(O)C(=O)COc1cccnc1. The van der Waals surface area contributed by atoms with E-state index in [1.807, 2.05) is 19.9 Å². The number of allylic oxidation sites excluding steroid dienone is 4. The number of hydrogen-bond acceptors (Lipinski definition) is 6. The lowest BCUT2D eigenvalue weighted by molar-refractivity contribution is -0.183. The van der Waals surface area contributed by atoms with Crippen molar-refractivity contribution in [3.05, 3.63) is 48.3 Å². The molecule has 6 nitrogen and oxygen atoms in total. The molecule has 6 heteroatoms. The number of fused-ring (bicyclic) bond motifs is 5. The minimum absolute atomic E-state index is 0.0131. The van der Waals surface area contributed by atoms with Gasteiger partial charge in [0.2, 0.25) is 5.78 Å². The summed E-state index contributed by atoms with van der Waals surface area (Å²) in [4.78, 5) is 29.5. The van der Waals surface area contributed by atoms with Crippen LogP contribution in [-0.2, 0) is 9.59 Å². The largest absolute Gasteiger partial charge is 0.484 e. The van der Waals surface area contributed by atoms with Crippen molar-refractivity contribution in [1.29, 1.82) is 0 Å². The molecular weight excluding hydrogens is 418 g/mol. The molecule has 0 saturated heterocycles. The van der Waals surface area contributed by atoms with Crippen LogP contribution in [0.3, 0.4) is 0 Å². The first-order chi connectivity index (χ1) is 15.6. The highest BCUT2D eigenvalue weighted by molar-refractivity contribution is 6.01. The summed E-state index contributed by atoms with van der Waals surface area (Å²) >= 11 is 0. The van der Waals surface area contributed by atoms with Crippen molar-refractivity contribution in [1.82, 2.24) is 4.98 Å². The van der Waals surface area contributed by atoms with Crippen LogP contribution >= 0.6 is 0 Å². The lowest BCUT2D eigenvalue weighted by Gasteiger charge is -2.59. The molecule has 0 bridgehead atoms. The summed E-state index contributed by atoms with van der Waals surface area (Å²) in [5, 5.41) is 23.5. The molecule has 0 aliphatic heterocycles. The fraction of sp³-hybridized carbons (Fsp3) is 0.593. The number of carbonyl (C=O) groups is 2. The summed E-state index contributed by atoms with van der Waals surface area (Å²) in [5.41, 5.74) is -1.58. The predicted molar refractivity (Wildman–Crippen MR) is 122 cm³/mol. The first-order valence-electron chi connectivity index (χ1n) is 12.0. The molecule has 0 radical (unpaired) electrons. The first kappa shape index (κ1) is 22.5. The van der Waals surface area contributed by atoms with Gasteiger partial charge in [0.05, 0.1) is 12.3 Å². The minimum Gasteiger partial charge on any atom is -0.484 e. The molecule has 0 spiro atoms. The zero-order valence-corrected chi connectivity index (χ0v) is 19.5. The summed E-state index contributed by atoms with van der Waals surface area (Å²) in [6.07, 6.45) is 10.6. The zero-order valence-electron chi connectivity index (χ0n) is 19.5. The molecular formula is C27H33NO5. The molecule has 4 aliphatic rings. The second-order valence-corrected chi connectivity index (χ2v) is 11.0. The maximum atomic E-state index is 13.5. The Hall–Kier alpha value is -2.31. The normalized spacial score (nSPS) is 43.8. The Kier molecular flexibility index (Phi) is 5.18. The molecule has 5 rings (SSSR count). The van der Waals surface area contributed by atoms with E-state index in [0.29, 0.717) is 12.2 Å². The quantitative estimate of drug-likeness (QED) is 0.729. The number of pyridine rings is 1. The van der Waals surface area contributed by atoms with Crippen molar-refractivity contribution in [2.45, 2.75) is 58.2 Å². The maximum absolute atomic E-state index is 13.5. The van der Waals surface area contributed by atoms with Crippen molar-refractivity contribution in [2.75, 3.05) is 6.61 Å². The standard InChI is InChI=1S/C27H33NO5/c1-16-11-21-20-7-6-17-12-18(29)8-9-25(17,2)24(20)22(30)13-26(21,3)27(16,32)23(31)15-33-19-5-4-10-28-14-19/h4-5,8-10,12,14,16,20-22,24,30,32H,6-7,11,13,15H2,1-3H3/t16-,20?,21?,22?,24?,25?,26?,27+/m1/s1. The third-order valence-electron chi connectivity index (χ3n) is 9.51. The van der Waals surface area contributed by atoms with Crippen molar-refractivity contribution in [3.8, 4) is 5.75 Å². The number of aliphatic hydroxyl groups is 2. The second-order valence-electron chi connectivity index (χ2n) is 11.0. The van der Waals surface area contributed by atoms with Crippen LogP contribution in [0.25, 0.3) is 0 Å². The zero-order chi connectivity index (χ0) is 23.6. The van der Waals surface area contributed by atoms with Crippen LogP contribution in [0.15, 0.2) is 48.3 Å². The van der Waals surface area contributed by atoms with Crippen molar-refractivity contribution in [3.63, 3.8) is 0 Å². The van der Waals surface area contributed by atoms with Crippen LogP contribution in [0.2, 0.25) is 0 Å². The van der Waals surface area contributed by atoms with Gasteiger partial charge in [-0.2, -0.15) is 0 Å². The second kappa shape index (κ2) is 7.60. The van der Waals surface area contributed by atoms with E-state index < -0.39 is 17.1 Å². The average molecular weight is 452 g/mol. The Morgan fingerprint density at radius 3 is 2.85 bits per heavy atom. The monoisotopic (exact) mass is 451 g/mol. The number of ether oxygens (including phenoxy) is 1. The molecule has 8 atom stereocenters. The van der Waals surface area contributed by atoms with E-state index in [2.05, 4.69) is 11.9 Å². The van der Waals surface area contributed by atoms with Gasteiger partial charge in [-0.3, -0.25) is 14.6 Å². The molecule has 1 aromatic rings. The van der Waals surface area contributed by atoms with Gasteiger partial charge in [-0.15, -0.1) is 0 Å². The van der Waals surface area contributed by atoms with Gasteiger partial charge in [0, 0.05) is 22.9 Å². The number of aliphatic hydroxyl groups excluding tert-OH is 1. The van der Waals surface area contributed by atoms with Crippen molar-refractivity contribution < 1.29 is 24.5 Å². The molecule has 0 aromatic carbocycles. The van der Waals surface area contributed by atoms with Gasteiger partial charge in [0.25, 0.3) is 0 Å². The van der Waals surface area contributed by atoms with Gasteiger partial charge < -0.3 is 14.9 Å². The summed E-state index contributed by atoms with van der Waals surface area (Å²) in [7, 11) is 0. The van der Waals surface area contributed by atoms with Gasteiger partial charge in [0.1, 0.15) is 18.0 Å². The molecule has 2 N–H and O–H groups in total. The van der Waals surface area contributed by atoms with E-state index in [-0.39, 0.29) is 47.3 Å². The molecule has 3 fully saturated rings. The smallest absolute Gasteiger partial charge is 0.202 e. The Bertz CT molecular complexity index is 1030. The molecule has 6 unspecified atom stereocenters. The number of rotatable bonds is 4. The summed E-state index contributed by atoms with van der Waals surface area (Å²) < 4.78 is 5.67. The van der Waals surface area contributed by atoms with Crippen molar-refractivity contribution >= 4 is 11.6 Å². The number of carbonyl (C=O) groups excluding carboxylic acids is 2. The van der Waals surface area contributed by atoms with Crippen LogP contribution in [-0.4, -0.2) is 45.1 Å². The maximum Gasteiger partial charge on any atom is 0.202 e. The van der Waals surface area contributed by atoms with Gasteiger partial charge in [-0.25, -0.2) is 0 Å². The average Bonchev–Trinajstić information content (AvgIpc) is 2.99. The first-order valence-corrected chi connectivity index (χ1v) is 12.0. The molecule has 4 aliphatic carbocycles. The van der Waals surface area contributed by atoms with Gasteiger partial charge in [0.15, 0.2) is 5.78 Å². The highest BCUT2D eigenvalue weighted by Gasteiger charge is 2.70. The number of ketones is 2. The lowest BCUT2D eigenvalue weighted by Crippen LogP contribution is -2.63. The predicted octanol–water partition coefficient (Wildman–Crippen LogP) is 3.29. The van der Waals surface area contributed by atoms with Gasteiger partial charge >= 0.3 is 0 Å². The van der Waals surface area contributed by atoms with Crippen LogP contribution in [0.4, 0.5) is 0 Å². The number of hydrogen-bond donors (Lipinski definition) is 2. The van der Waals surface area contributed by atoms with E-state index in [4.69, 9.17) is 4.74 Å². The molecule has 3 saturated carbocycles. The van der Waals surface area contributed by atoms with E-state index in [9.17, 15) is 19.8 Å². The van der Waals surface area contributed by atoms with E-state index in [1.54, 1.807) is 36.7 Å². The fourth-order valence-electron chi connectivity index (χ4n) is 7.94. The third kappa shape index (κ3) is 3.10. The Morgan fingerprint density at radius 1 is 1.33 bits per heavy atom. The van der Waals surface area contributed by atoms with Crippen LogP contribution in [0, 0.1) is 34.5 Å². The minimum atomic E-state index is -1.57. The Morgan fingerprint density at radius 2 is 2.12 bits per heavy atom. The highest BCUT2D eigenvalue weighted by Crippen LogP contribution is 2.68. The molecule has 0 amide bonds. The van der Waals surface area contributed by atoms with Crippen LogP contribution < -0.4 is 4.74 Å². The summed E-state index contributed by atoms with van der Waals surface area (Å²) in [6.45, 7) is 5.83. The third-order valence-corrected chi connectivity index (χ3v) is 9.51. The van der Waals surface area contributed by atoms with Gasteiger partial charge in [-0.1, -0.05) is 32.4 Å². The Balaban J connectivity index is 1.45. The van der Waals surface area contributed by atoms with Crippen molar-refractivity contribution in [2.24, 2.45) is 34.5 Å². The van der Waals surface area contributed by atoms with E-state index >= 15 is 0 Å². The molecule has 1 aromatic heterocycles. The van der Waals surface area contributed by atoms with Crippen LogP contribution in [0.5, 0.6) is 5.75 Å². The number of aromatic nitrogens is 1. The molecule has 33 heavy (non-hydrogen) atoms. The highest BCUT2D eigenvalue weighted by atomic mass is 16.5. The molecule has 176 valence electrons. The summed E-state index contributed by atoms with van der Waals surface area (Å²) in [6, 6.07) is 3.47. The number of nitrogens with zero attached hydrogens (tertiary/aromatic N) is 1. The summed E-state index contributed by atoms with van der Waals surface area (Å²) in [5.74, 6) is 0.177. The number of Topliss-reactive ketones (excluding diaryl/α,β-unsaturated/α-hetero) is 1. The van der Waals surface area contributed by atoms with E-state index in [1.165, 1.54) is 0 Å². The fourth-order valence-corrected chi connectivity index (χ4v) is 7.94. The lowest BCUT2D eigenvalue weighted by atomic mass is 9.46. The van der Waals surface area contributed by atoms with Gasteiger partial charge in [-0.05, 0) is 67.7 Å². The van der Waals surface area contributed by atoms with E-state index in [0.717, 1.165) is 24.8 Å². The topological polar surface area (TPSA) is 96.7 Å².